The molecule has 0 spiro atoms. The van der Waals surface area contributed by atoms with Crippen molar-refractivity contribution in [3.8, 4) is 0 Å². The molecule has 0 fully saturated rings. The summed E-state index contributed by atoms with van der Waals surface area (Å²) in [4.78, 5) is 20.8. The summed E-state index contributed by atoms with van der Waals surface area (Å²) >= 11 is 0. The monoisotopic (exact) mass is 192 g/mol. The fraction of sp³-hybridized carbons (Fsp3) is 0.714. The van der Waals surface area contributed by atoms with Crippen molar-refractivity contribution in [1.29, 1.82) is 0 Å². The van der Waals surface area contributed by atoms with E-state index in [0.717, 1.165) is 6.92 Å². The molecule has 6 heteroatoms. The predicted octanol–water partition coefficient (Wildman–Crippen LogP) is -0.906. The number of aliphatic carboxylic acids is 1. The van der Waals surface area contributed by atoms with E-state index in [0.29, 0.717) is 0 Å². The number of carbonyl (C=O) groups excluding carboxylic acids is 1. The van der Waals surface area contributed by atoms with Gasteiger partial charge in [-0.3, -0.25) is 4.79 Å². The topological polar surface area (TPSA) is 104 Å². The van der Waals surface area contributed by atoms with Crippen LogP contribution in [0.5, 0.6) is 0 Å². The minimum absolute atomic E-state index is 0.00111. The number of rotatable bonds is 4. The van der Waals surface area contributed by atoms with Crippen LogP contribution in [0.25, 0.3) is 0 Å². The van der Waals surface area contributed by atoms with Gasteiger partial charge in [0.25, 0.3) is 0 Å². The molecule has 1 atom stereocenters. The second-order valence-corrected chi connectivity index (χ2v) is 2.54. The maximum atomic E-state index is 10.4. The van der Waals surface area contributed by atoms with E-state index in [1.807, 2.05) is 0 Å². The standard InChI is InChI=1S/C7H12O6/c1-3-5(13-4(2)8)7(11,12)6(9)10/h5,11-12H,3H2,1-2H3,(H,9,10). The summed E-state index contributed by atoms with van der Waals surface area (Å²) in [5.74, 6) is -5.64. The lowest BCUT2D eigenvalue weighted by molar-refractivity contribution is -0.242. The van der Waals surface area contributed by atoms with E-state index in [9.17, 15) is 9.59 Å². The van der Waals surface area contributed by atoms with Crippen LogP contribution in [0.2, 0.25) is 0 Å². The van der Waals surface area contributed by atoms with E-state index >= 15 is 0 Å². The van der Waals surface area contributed by atoms with Crippen molar-refractivity contribution in [2.24, 2.45) is 0 Å². The summed E-state index contributed by atoms with van der Waals surface area (Å²) in [6, 6.07) is 0. The average molecular weight is 192 g/mol. The summed E-state index contributed by atoms with van der Waals surface area (Å²) in [5.41, 5.74) is 0. The Balaban J connectivity index is 4.55. The average Bonchev–Trinajstić information content (AvgIpc) is 1.99. The third-order valence-corrected chi connectivity index (χ3v) is 1.44. The first kappa shape index (κ1) is 11.9. The highest BCUT2D eigenvalue weighted by molar-refractivity contribution is 5.76. The molecule has 1 unspecified atom stereocenters. The summed E-state index contributed by atoms with van der Waals surface area (Å²) in [7, 11) is 0. The predicted molar refractivity (Wildman–Crippen MR) is 40.6 cm³/mol. The maximum Gasteiger partial charge on any atom is 0.368 e. The zero-order valence-electron chi connectivity index (χ0n) is 7.35. The number of carboxylic acids is 1. The molecule has 0 aromatic heterocycles. The molecule has 0 amide bonds. The smallest absolute Gasteiger partial charge is 0.368 e. The largest absolute Gasteiger partial charge is 0.477 e. The molecule has 0 aromatic rings. The van der Waals surface area contributed by atoms with Crippen molar-refractivity contribution >= 4 is 11.9 Å². The Morgan fingerprint density at radius 3 is 2.15 bits per heavy atom. The van der Waals surface area contributed by atoms with Gasteiger partial charge >= 0.3 is 17.7 Å². The fourth-order valence-electron chi connectivity index (χ4n) is 0.788. The highest BCUT2D eigenvalue weighted by Crippen LogP contribution is 2.14. The van der Waals surface area contributed by atoms with Gasteiger partial charge < -0.3 is 20.1 Å². The van der Waals surface area contributed by atoms with E-state index in [2.05, 4.69) is 4.74 Å². The van der Waals surface area contributed by atoms with Gasteiger partial charge in [-0.2, -0.15) is 0 Å². The molecular weight excluding hydrogens is 180 g/mol. The molecule has 3 N–H and O–H groups in total. The molecule has 6 nitrogen and oxygen atoms in total. The van der Waals surface area contributed by atoms with Crippen molar-refractivity contribution in [2.75, 3.05) is 0 Å². The zero-order chi connectivity index (χ0) is 10.6. The van der Waals surface area contributed by atoms with Gasteiger partial charge in [-0.05, 0) is 6.42 Å². The molecule has 0 bridgehead atoms. The molecule has 0 radical (unpaired) electrons. The summed E-state index contributed by atoms with van der Waals surface area (Å²) < 4.78 is 4.41. The summed E-state index contributed by atoms with van der Waals surface area (Å²) in [6.45, 7) is 2.53. The van der Waals surface area contributed by atoms with Gasteiger partial charge in [0.15, 0.2) is 6.10 Å². The second kappa shape index (κ2) is 4.20. The first-order chi connectivity index (χ1) is 5.82. The molecule has 0 aromatic carbocycles. The SMILES string of the molecule is CCC(OC(C)=O)C(O)(O)C(=O)O. The lowest BCUT2D eigenvalue weighted by atomic mass is 10.1. The Kier molecular flexibility index (Phi) is 3.83. The molecule has 76 valence electrons. The Hall–Kier alpha value is -1.14. The van der Waals surface area contributed by atoms with Crippen LogP contribution in [-0.4, -0.2) is 39.1 Å². The number of carbonyl (C=O) groups is 2. The van der Waals surface area contributed by atoms with Gasteiger partial charge in [0.05, 0.1) is 0 Å². The minimum atomic E-state index is -3.03. The van der Waals surface area contributed by atoms with Gasteiger partial charge in [-0.15, -0.1) is 0 Å². The molecule has 13 heavy (non-hydrogen) atoms. The highest BCUT2D eigenvalue weighted by Gasteiger charge is 2.43. The van der Waals surface area contributed by atoms with E-state index < -0.39 is 23.8 Å². The highest BCUT2D eigenvalue weighted by atomic mass is 16.6. The van der Waals surface area contributed by atoms with Gasteiger partial charge in [0.2, 0.25) is 0 Å². The van der Waals surface area contributed by atoms with E-state index in [1.165, 1.54) is 6.92 Å². The lowest BCUT2D eigenvalue weighted by Crippen LogP contribution is -2.51. The maximum absolute atomic E-state index is 10.4. The lowest BCUT2D eigenvalue weighted by Gasteiger charge is -2.25. The van der Waals surface area contributed by atoms with Crippen molar-refractivity contribution < 1.29 is 29.6 Å². The minimum Gasteiger partial charge on any atom is -0.477 e. The van der Waals surface area contributed by atoms with E-state index in [4.69, 9.17) is 15.3 Å². The van der Waals surface area contributed by atoms with Crippen LogP contribution in [-0.2, 0) is 14.3 Å². The Morgan fingerprint density at radius 2 is 1.92 bits per heavy atom. The van der Waals surface area contributed by atoms with Crippen LogP contribution in [0.15, 0.2) is 0 Å². The first-order valence-electron chi connectivity index (χ1n) is 3.67. The molecule has 0 aliphatic rings. The van der Waals surface area contributed by atoms with Gasteiger partial charge in [-0.25, -0.2) is 4.79 Å². The van der Waals surface area contributed by atoms with Crippen LogP contribution >= 0.6 is 0 Å². The molecule has 0 aliphatic heterocycles. The number of esters is 1. The van der Waals surface area contributed by atoms with Crippen LogP contribution in [0.1, 0.15) is 20.3 Å². The number of hydrogen-bond acceptors (Lipinski definition) is 5. The van der Waals surface area contributed by atoms with E-state index in [1.54, 1.807) is 0 Å². The molecule has 0 rings (SSSR count). The second-order valence-electron chi connectivity index (χ2n) is 2.54. The van der Waals surface area contributed by atoms with Crippen molar-refractivity contribution in [1.82, 2.24) is 0 Å². The molecule has 0 heterocycles. The van der Waals surface area contributed by atoms with Crippen LogP contribution in [0.3, 0.4) is 0 Å². The first-order valence-corrected chi connectivity index (χ1v) is 3.67. The van der Waals surface area contributed by atoms with E-state index in [-0.39, 0.29) is 6.42 Å². The van der Waals surface area contributed by atoms with Gasteiger partial charge in [0.1, 0.15) is 0 Å². The van der Waals surface area contributed by atoms with Crippen LogP contribution < -0.4 is 0 Å². The number of aliphatic hydroxyl groups is 2. The van der Waals surface area contributed by atoms with Gasteiger partial charge in [0, 0.05) is 6.92 Å². The Morgan fingerprint density at radius 1 is 1.46 bits per heavy atom. The Labute approximate surface area is 74.7 Å². The zero-order valence-corrected chi connectivity index (χ0v) is 7.35. The summed E-state index contributed by atoms with van der Waals surface area (Å²) in [5, 5.41) is 26.3. The van der Waals surface area contributed by atoms with Crippen molar-refractivity contribution in [2.45, 2.75) is 32.2 Å². The van der Waals surface area contributed by atoms with Gasteiger partial charge in [-0.1, -0.05) is 6.92 Å². The third-order valence-electron chi connectivity index (χ3n) is 1.44. The van der Waals surface area contributed by atoms with Crippen molar-refractivity contribution in [3.63, 3.8) is 0 Å². The molecule has 0 saturated heterocycles. The normalized spacial score (nSPS) is 13.5. The third kappa shape index (κ3) is 3.00. The summed E-state index contributed by atoms with van der Waals surface area (Å²) in [6.07, 6.45) is -1.46. The quantitative estimate of drug-likeness (QED) is 0.393. The van der Waals surface area contributed by atoms with Crippen LogP contribution in [0.4, 0.5) is 0 Å². The Bertz CT molecular complexity index is 209. The molecule has 0 saturated carbocycles. The number of carboxylic acid groups (broad SMARTS) is 1. The van der Waals surface area contributed by atoms with Crippen molar-refractivity contribution in [3.05, 3.63) is 0 Å². The molecular formula is C7H12O6. The number of ether oxygens (including phenoxy) is 1. The van der Waals surface area contributed by atoms with Crippen LogP contribution in [0, 0.1) is 0 Å². The number of hydrogen-bond donors (Lipinski definition) is 3. The molecule has 0 aliphatic carbocycles. The fourth-order valence-corrected chi connectivity index (χ4v) is 0.788.